The number of hydrogen-bond donors (Lipinski definition) is 2. The minimum Gasteiger partial charge on any atom is -0.481 e. The Morgan fingerprint density at radius 3 is 2.67 bits per heavy atom. The molecule has 2 atom stereocenters. The number of carbonyl (C=O) groups excluding carboxylic acids is 1. The summed E-state index contributed by atoms with van der Waals surface area (Å²) in [6.45, 7) is 2.73. The van der Waals surface area contributed by atoms with Crippen LogP contribution in [0.3, 0.4) is 0 Å². The third-order valence-corrected chi connectivity index (χ3v) is 3.02. The van der Waals surface area contributed by atoms with Gasteiger partial charge in [0.25, 0.3) is 5.91 Å². The summed E-state index contributed by atoms with van der Waals surface area (Å²) in [7, 11) is 1.36. The van der Waals surface area contributed by atoms with Gasteiger partial charge < -0.3 is 19.9 Å². The van der Waals surface area contributed by atoms with Crippen molar-refractivity contribution in [2.24, 2.45) is 0 Å². The molecule has 1 aromatic rings. The van der Waals surface area contributed by atoms with E-state index in [9.17, 15) is 9.59 Å². The van der Waals surface area contributed by atoms with E-state index in [-0.39, 0.29) is 6.61 Å². The fourth-order valence-corrected chi connectivity index (χ4v) is 1.79. The molecule has 0 saturated carbocycles. The van der Waals surface area contributed by atoms with Gasteiger partial charge in [-0.05, 0) is 32.0 Å². The number of rotatable bonds is 7. The molecule has 0 fully saturated rings. The third kappa shape index (κ3) is 4.91. The van der Waals surface area contributed by atoms with Gasteiger partial charge >= 0.3 is 5.97 Å². The maximum atomic E-state index is 12.0. The zero-order valence-electron chi connectivity index (χ0n) is 12.1. The first-order valence-corrected chi connectivity index (χ1v) is 6.63. The molecule has 0 saturated heterocycles. The van der Waals surface area contributed by atoms with E-state index in [4.69, 9.17) is 26.2 Å². The number of halogens is 1. The van der Waals surface area contributed by atoms with E-state index in [0.717, 1.165) is 0 Å². The number of amides is 1. The average molecular weight is 316 g/mol. The van der Waals surface area contributed by atoms with E-state index in [1.807, 2.05) is 0 Å². The summed E-state index contributed by atoms with van der Waals surface area (Å²) in [4.78, 5) is 23.3. The van der Waals surface area contributed by atoms with Gasteiger partial charge in [0.05, 0.1) is 6.61 Å². The second kappa shape index (κ2) is 7.28. The van der Waals surface area contributed by atoms with Crippen molar-refractivity contribution in [2.75, 3.05) is 13.7 Å². The summed E-state index contributed by atoms with van der Waals surface area (Å²) in [5.41, 5.74) is -1.52. The van der Waals surface area contributed by atoms with Gasteiger partial charge in [0.2, 0.25) is 0 Å². The van der Waals surface area contributed by atoms with Crippen LogP contribution in [0.5, 0.6) is 5.75 Å². The van der Waals surface area contributed by atoms with Gasteiger partial charge in [0, 0.05) is 12.1 Å². The van der Waals surface area contributed by atoms with Crippen LogP contribution >= 0.6 is 11.6 Å². The van der Waals surface area contributed by atoms with E-state index in [1.165, 1.54) is 21.0 Å². The Morgan fingerprint density at radius 2 is 2.14 bits per heavy atom. The van der Waals surface area contributed by atoms with Crippen LogP contribution in [0.25, 0.3) is 0 Å². The Hall–Kier alpha value is -1.79. The van der Waals surface area contributed by atoms with E-state index in [2.05, 4.69) is 5.32 Å². The molecule has 0 bridgehead atoms. The van der Waals surface area contributed by atoms with E-state index in [0.29, 0.717) is 10.8 Å². The second-order valence-corrected chi connectivity index (χ2v) is 5.21. The highest BCUT2D eigenvalue weighted by Crippen LogP contribution is 2.18. The van der Waals surface area contributed by atoms with E-state index < -0.39 is 23.5 Å². The van der Waals surface area contributed by atoms with Gasteiger partial charge in [-0.3, -0.25) is 4.79 Å². The van der Waals surface area contributed by atoms with Crippen LogP contribution in [-0.4, -0.2) is 42.3 Å². The fraction of sp³-hybridized carbons (Fsp3) is 0.429. The first kappa shape index (κ1) is 17.3. The van der Waals surface area contributed by atoms with Crippen LogP contribution in [-0.2, 0) is 14.3 Å². The molecule has 1 aromatic carbocycles. The Labute approximate surface area is 128 Å². The monoisotopic (exact) mass is 315 g/mol. The molecule has 0 radical (unpaired) electrons. The van der Waals surface area contributed by atoms with Crippen LogP contribution < -0.4 is 10.1 Å². The lowest BCUT2D eigenvalue weighted by Crippen LogP contribution is -2.57. The van der Waals surface area contributed by atoms with Crippen molar-refractivity contribution >= 4 is 23.5 Å². The van der Waals surface area contributed by atoms with Crippen LogP contribution in [0.15, 0.2) is 24.3 Å². The lowest BCUT2D eigenvalue weighted by atomic mass is 10.0. The average Bonchev–Trinajstić information content (AvgIpc) is 2.38. The maximum absolute atomic E-state index is 12.0. The third-order valence-electron chi connectivity index (χ3n) is 2.78. The summed E-state index contributed by atoms with van der Waals surface area (Å²) in [6, 6.07) is 6.59. The zero-order chi connectivity index (χ0) is 16.0. The molecule has 7 heteroatoms. The SMILES string of the molecule is COCC(C)(NC(=O)C(C)Oc1cccc(Cl)c1)C(=O)O. The lowest BCUT2D eigenvalue weighted by molar-refractivity contribution is -0.150. The van der Waals surface area contributed by atoms with Crippen LogP contribution in [0.4, 0.5) is 0 Å². The smallest absolute Gasteiger partial charge is 0.331 e. The molecular weight excluding hydrogens is 298 g/mol. The Kier molecular flexibility index (Phi) is 5.99. The molecule has 21 heavy (non-hydrogen) atoms. The number of methoxy groups -OCH3 is 1. The summed E-state index contributed by atoms with van der Waals surface area (Å²) in [5.74, 6) is -1.32. The standard InChI is InChI=1S/C14H18ClNO5/c1-9(21-11-6-4-5-10(15)7-11)12(17)16-14(2,8-20-3)13(18)19/h4-7,9H,8H2,1-3H3,(H,16,17)(H,18,19). The number of nitrogens with one attached hydrogen (secondary N) is 1. The van der Waals surface area contributed by atoms with Gasteiger partial charge in [0.1, 0.15) is 5.75 Å². The molecule has 0 aliphatic heterocycles. The van der Waals surface area contributed by atoms with Crippen molar-refractivity contribution in [1.29, 1.82) is 0 Å². The molecule has 0 aromatic heterocycles. The van der Waals surface area contributed by atoms with Gasteiger partial charge in [0.15, 0.2) is 11.6 Å². The Balaban J connectivity index is 2.72. The number of benzene rings is 1. The number of carbonyl (C=O) groups is 2. The van der Waals surface area contributed by atoms with Crippen LogP contribution in [0.2, 0.25) is 5.02 Å². The number of aliphatic carboxylic acids is 1. The minimum atomic E-state index is -1.52. The van der Waals surface area contributed by atoms with Crippen LogP contribution in [0.1, 0.15) is 13.8 Å². The molecule has 0 aliphatic rings. The first-order valence-electron chi connectivity index (χ1n) is 6.25. The van der Waals surface area contributed by atoms with Gasteiger partial charge in [-0.2, -0.15) is 0 Å². The summed E-state index contributed by atoms with van der Waals surface area (Å²) in [6.07, 6.45) is -0.876. The van der Waals surface area contributed by atoms with Gasteiger partial charge in [-0.15, -0.1) is 0 Å². The lowest BCUT2D eigenvalue weighted by Gasteiger charge is -2.27. The predicted molar refractivity (Wildman–Crippen MR) is 77.6 cm³/mol. The first-order chi connectivity index (χ1) is 9.78. The van der Waals surface area contributed by atoms with Gasteiger partial charge in [-0.1, -0.05) is 17.7 Å². The molecular formula is C14H18ClNO5. The summed E-state index contributed by atoms with van der Waals surface area (Å²) in [5, 5.41) is 12.1. The van der Waals surface area contributed by atoms with Crippen molar-refractivity contribution < 1.29 is 24.2 Å². The van der Waals surface area contributed by atoms with Crippen molar-refractivity contribution in [1.82, 2.24) is 5.32 Å². The largest absolute Gasteiger partial charge is 0.481 e. The summed E-state index contributed by atoms with van der Waals surface area (Å²) >= 11 is 5.82. The molecule has 0 aliphatic carbocycles. The number of hydrogen-bond acceptors (Lipinski definition) is 4. The predicted octanol–water partition coefficient (Wildman–Crippen LogP) is 1.71. The maximum Gasteiger partial charge on any atom is 0.331 e. The van der Waals surface area contributed by atoms with Crippen molar-refractivity contribution in [3.8, 4) is 5.75 Å². The molecule has 1 rings (SSSR count). The second-order valence-electron chi connectivity index (χ2n) is 4.78. The highest BCUT2D eigenvalue weighted by molar-refractivity contribution is 6.30. The number of carboxylic acid groups (broad SMARTS) is 1. The fourth-order valence-electron chi connectivity index (χ4n) is 1.61. The van der Waals surface area contributed by atoms with E-state index >= 15 is 0 Å². The molecule has 116 valence electrons. The Bertz CT molecular complexity index is 522. The highest BCUT2D eigenvalue weighted by Gasteiger charge is 2.36. The molecule has 0 heterocycles. The van der Waals surface area contributed by atoms with Gasteiger partial charge in [-0.25, -0.2) is 4.79 Å². The molecule has 2 N–H and O–H groups in total. The number of ether oxygens (including phenoxy) is 2. The Morgan fingerprint density at radius 1 is 1.48 bits per heavy atom. The van der Waals surface area contributed by atoms with Crippen molar-refractivity contribution in [3.05, 3.63) is 29.3 Å². The molecule has 0 spiro atoms. The topological polar surface area (TPSA) is 84.9 Å². The van der Waals surface area contributed by atoms with Crippen molar-refractivity contribution in [3.63, 3.8) is 0 Å². The minimum absolute atomic E-state index is 0.155. The summed E-state index contributed by atoms with van der Waals surface area (Å²) < 4.78 is 10.3. The number of carboxylic acids is 1. The molecule has 2 unspecified atom stereocenters. The molecule has 6 nitrogen and oxygen atoms in total. The zero-order valence-corrected chi connectivity index (χ0v) is 12.8. The van der Waals surface area contributed by atoms with Crippen molar-refractivity contribution in [2.45, 2.75) is 25.5 Å². The normalized spacial score (nSPS) is 14.9. The molecule has 1 amide bonds. The highest BCUT2D eigenvalue weighted by atomic mass is 35.5. The quantitative estimate of drug-likeness (QED) is 0.800. The van der Waals surface area contributed by atoms with Crippen LogP contribution in [0, 0.1) is 0 Å². The van der Waals surface area contributed by atoms with E-state index in [1.54, 1.807) is 24.3 Å².